The van der Waals surface area contributed by atoms with Crippen LogP contribution in [0, 0.1) is 24.2 Å². The van der Waals surface area contributed by atoms with E-state index in [4.69, 9.17) is 10.00 Å². The maximum atomic E-state index is 9.13. The fourth-order valence-electron chi connectivity index (χ4n) is 3.50. The first-order chi connectivity index (χ1) is 9.78. The van der Waals surface area contributed by atoms with E-state index >= 15 is 0 Å². The molecule has 0 spiro atoms. The molecule has 0 bridgehead atoms. The van der Waals surface area contributed by atoms with Gasteiger partial charge < -0.3 is 9.64 Å². The summed E-state index contributed by atoms with van der Waals surface area (Å²) in [5, 5.41) is 9.13. The summed E-state index contributed by atoms with van der Waals surface area (Å²) in [6, 6.07) is 6.53. The largest absolute Gasteiger partial charge is 0.381 e. The molecule has 0 aliphatic carbocycles. The van der Waals surface area contributed by atoms with Crippen LogP contribution in [0.4, 0.5) is 5.82 Å². The van der Waals surface area contributed by atoms with Gasteiger partial charge in [-0.05, 0) is 44.7 Å². The van der Waals surface area contributed by atoms with Crippen molar-refractivity contribution >= 4 is 5.82 Å². The summed E-state index contributed by atoms with van der Waals surface area (Å²) in [4.78, 5) is 7.04. The van der Waals surface area contributed by atoms with Gasteiger partial charge in [0, 0.05) is 30.8 Å². The number of aryl methyl sites for hydroxylation is 1. The Morgan fingerprint density at radius 2 is 2.25 bits per heavy atom. The minimum Gasteiger partial charge on any atom is -0.381 e. The van der Waals surface area contributed by atoms with Crippen molar-refractivity contribution in [2.75, 3.05) is 24.7 Å². The number of ether oxygens (including phenoxy) is 1. The number of anilines is 1. The molecule has 2 unspecified atom stereocenters. The van der Waals surface area contributed by atoms with Crippen LogP contribution in [0.15, 0.2) is 12.1 Å². The average molecular weight is 271 g/mol. The molecule has 4 nitrogen and oxygen atoms in total. The van der Waals surface area contributed by atoms with Crippen molar-refractivity contribution in [2.24, 2.45) is 5.92 Å². The fraction of sp³-hybridized carbons (Fsp3) is 0.625. The van der Waals surface area contributed by atoms with E-state index in [0.29, 0.717) is 17.5 Å². The van der Waals surface area contributed by atoms with Gasteiger partial charge in [0.1, 0.15) is 5.82 Å². The standard InChI is InChI=1S/C16H21N3O/c1-12-8-13(10-17)9-16(18-12)19-6-2-5-15(19)14-4-3-7-20-11-14/h8-9,14-15H,2-7,11H2,1H3. The van der Waals surface area contributed by atoms with Crippen LogP contribution in [-0.2, 0) is 4.74 Å². The molecule has 1 aromatic rings. The molecule has 0 radical (unpaired) electrons. The van der Waals surface area contributed by atoms with E-state index in [0.717, 1.165) is 31.3 Å². The molecular formula is C16H21N3O. The van der Waals surface area contributed by atoms with Crippen LogP contribution in [0.25, 0.3) is 0 Å². The Bertz CT molecular complexity index is 517. The van der Waals surface area contributed by atoms with Gasteiger partial charge in [-0.15, -0.1) is 0 Å². The summed E-state index contributed by atoms with van der Waals surface area (Å²) in [5.41, 5.74) is 1.63. The van der Waals surface area contributed by atoms with E-state index in [2.05, 4.69) is 16.0 Å². The highest BCUT2D eigenvalue weighted by Gasteiger charge is 2.33. The third-order valence-electron chi connectivity index (χ3n) is 4.40. The van der Waals surface area contributed by atoms with Gasteiger partial charge in [-0.2, -0.15) is 5.26 Å². The Kier molecular flexibility index (Phi) is 3.88. The molecule has 2 aliphatic heterocycles. The molecule has 2 saturated heterocycles. The normalized spacial score (nSPS) is 26.5. The van der Waals surface area contributed by atoms with Gasteiger partial charge in [0.25, 0.3) is 0 Å². The predicted octanol–water partition coefficient (Wildman–Crippen LogP) is 2.66. The maximum absolute atomic E-state index is 9.13. The third kappa shape index (κ3) is 2.64. The predicted molar refractivity (Wildman–Crippen MR) is 77.6 cm³/mol. The highest BCUT2D eigenvalue weighted by molar-refractivity contribution is 5.48. The lowest BCUT2D eigenvalue weighted by Gasteiger charge is -2.34. The lowest BCUT2D eigenvalue weighted by atomic mass is 9.92. The summed E-state index contributed by atoms with van der Waals surface area (Å²) >= 11 is 0. The zero-order valence-corrected chi connectivity index (χ0v) is 12.0. The number of hydrogen-bond acceptors (Lipinski definition) is 4. The molecule has 0 N–H and O–H groups in total. The Hall–Kier alpha value is -1.60. The first kappa shape index (κ1) is 13.4. The maximum Gasteiger partial charge on any atom is 0.130 e. The second kappa shape index (κ2) is 5.80. The Morgan fingerprint density at radius 3 is 3.00 bits per heavy atom. The molecular weight excluding hydrogens is 250 g/mol. The van der Waals surface area contributed by atoms with Crippen molar-refractivity contribution in [1.29, 1.82) is 5.26 Å². The van der Waals surface area contributed by atoms with Crippen molar-refractivity contribution in [2.45, 2.75) is 38.6 Å². The van der Waals surface area contributed by atoms with E-state index in [-0.39, 0.29) is 0 Å². The molecule has 2 aliphatic rings. The summed E-state index contributed by atoms with van der Waals surface area (Å²) in [6.45, 7) is 4.78. The van der Waals surface area contributed by atoms with E-state index in [1.165, 1.54) is 25.7 Å². The lowest BCUT2D eigenvalue weighted by Crippen LogP contribution is -2.40. The van der Waals surface area contributed by atoms with Crippen molar-refractivity contribution in [3.05, 3.63) is 23.4 Å². The quantitative estimate of drug-likeness (QED) is 0.829. The third-order valence-corrected chi connectivity index (χ3v) is 4.40. The number of rotatable bonds is 2. The lowest BCUT2D eigenvalue weighted by molar-refractivity contribution is 0.0454. The summed E-state index contributed by atoms with van der Waals surface area (Å²) in [7, 11) is 0. The van der Waals surface area contributed by atoms with Crippen molar-refractivity contribution in [3.8, 4) is 6.07 Å². The van der Waals surface area contributed by atoms with Crippen molar-refractivity contribution in [3.63, 3.8) is 0 Å². The van der Waals surface area contributed by atoms with E-state index in [1.807, 2.05) is 19.1 Å². The smallest absolute Gasteiger partial charge is 0.130 e. The number of nitriles is 1. The van der Waals surface area contributed by atoms with Crippen molar-refractivity contribution in [1.82, 2.24) is 4.98 Å². The van der Waals surface area contributed by atoms with Crippen LogP contribution in [0.1, 0.15) is 36.9 Å². The molecule has 2 fully saturated rings. The van der Waals surface area contributed by atoms with Gasteiger partial charge in [0.15, 0.2) is 0 Å². The zero-order valence-electron chi connectivity index (χ0n) is 12.0. The summed E-state index contributed by atoms with van der Waals surface area (Å²) < 4.78 is 5.65. The van der Waals surface area contributed by atoms with E-state index in [1.54, 1.807) is 0 Å². The van der Waals surface area contributed by atoms with Crippen LogP contribution in [0.5, 0.6) is 0 Å². The Balaban J connectivity index is 1.84. The average Bonchev–Trinajstić information content (AvgIpc) is 2.97. The molecule has 0 aromatic carbocycles. The van der Waals surface area contributed by atoms with Crippen LogP contribution in [0.3, 0.4) is 0 Å². The highest BCUT2D eigenvalue weighted by atomic mass is 16.5. The monoisotopic (exact) mass is 271 g/mol. The number of aromatic nitrogens is 1. The number of nitrogens with zero attached hydrogens (tertiary/aromatic N) is 3. The molecule has 0 saturated carbocycles. The molecule has 20 heavy (non-hydrogen) atoms. The minimum absolute atomic E-state index is 0.524. The van der Waals surface area contributed by atoms with Gasteiger partial charge in [-0.25, -0.2) is 4.98 Å². The van der Waals surface area contributed by atoms with Crippen LogP contribution >= 0.6 is 0 Å². The van der Waals surface area contributed by atoms with E-state index in [9.17, 15) is 0 Å². The topological polar surface area (TPSA) is 49.2 Å². The van der Waals surface area contributed by atoms with Crippen LogP contribution < -0.4 is 4.90 Å². The van der Waals surface area contributed by atoms with Gasteiger partial charge in [-0.3, -0.25) is 0 Å². The second-order valence-corrected chi connectivity index (χ2v) is 5.85. The summed E-state index contributed by atoms with van der Waals surface area (Å²) in [6.07, 6.45) is 4.84. The SMILES string of the molecule is Cc1cc(C#N)cc(N2CCCC2C2CCCOC2)n1. The molecule has 106 valence electrons. The molecule has 1 aromatic heterocycles. The first-order valence-electron chi connectivity index (χ1n) is 7.51. The molecule has 3 heterocycles. The van der Waals surface area contributed by atoms with Crippen LogP contribution in [0.2, 0.25) is 0 Å². The van der Waals surface area contributed by atoms with Gasteiger partial charge in [0.05, 0.1) is 18.2 Å². The first-order valence-corrected chi connectivity index (χ1v) is 7.51. The second-order valence-electron chi connectivity index (χ2n) is 5.85. The molecule has 2 atom stereocenters. The van der Waals surface area contributed by atoms with Gasteiger partial charge in [-0.1, -0.05) is 0 Å². The van der Waals surface area contributed by atoms with Crippen molar-refractivity contribution < 1.29 is 4.74 Å². The molecule has 4 heteroatoms. The fourth-order valence-corrected chi connectivity index (χ4v) is 3.50. The van der Waals surface area contributed by atoms with Crippen LogP contribution in [-0.4, -0.2) is 30.8 Å². The van der Waals surface area contributed by atoms with Gasteiger partial charge in [0.2, 0.25) is 0 Å². The highest BCUT2D eigenvalue weighted by Crippen LogP contribution is 2.32. The minimum atomic E-state index is 0.524. The molecule has 0 amide bonds. The van der Waals surface area contributed by atoms with Gasteiger partial charge >= 0.3 is 0 Å². The Morgan fingerprint density at radius 1 is 1.35 bits per heavy atom. The van der Waals surface area contributed by atoms with E-state index < -0.39 is 0 Å². The zero-order chi connectivity index (χ0) is 13.9. The number of pyridine rings is 1. The summed E-state index contributed by atoms with van der Waals surface area (Å²) in [5.74, 6) is 1.58. The number of hydrogen-bond donors (Lipinski definition) is 0. The Labute approximate surface area is 120 Å². The molecule has 3 rings (SSSR count).